The van der Waals surface area contributed by atoms with Gasteiger partial charge in [0.05, 0.1) is 0 Å². The van der Waals surface area contributed by atoms with Crippen LogP contribution in [-0.4, -0.2) is 12.1 Å². The van der Waals surface area contributed by atoms with Crippen LogP contribution in [0, 0.1) is 6.92 Å². The van der Waals surface area contributed by atoms with Crippen LogP contribution in [0.1, 0.15) is 47.5 Å². The first-order chi connectivity index (χ1) is 5.04. The van der Waals surface area contributed by atoms with Crippen LogP contribution in [0.25, 0.3) is 0 Å². The summed E-state index contributed by atoms with van der Waals surface area (Å²) in [7, 11) is 0. The van der Waals surface area contributed by atoms with E-state index in [1.807, 2.05) is 0 Å². The normalized spacial score (nSPS) is 9.00. The van der Waals surface area contributed by atoms with Crippen LogP contribution >= 0.6 is 0 Å². The third kappa shape index (κ3) is 31.2. The van der Waals surface area contributed by atoms with Crippen LogP contribution in [0.15, 0.2) is 0 Å². The van der Waals surface area contributed by atoms with Gasteiger partial charge in [-0.1, -0.05) is 41.0 Å². The maximum absolute atomic E-state index is 3.60. The van der Waals surface area contributed by atoms with E-state index < -0.39 is 0 Å². The topological polar surface area (TPSA) is 12.0 Å². The minimum atomic E-state index is 0. The van der Waals surface area contributed by atoms with Gasteiger partial charge in [-0.15, -0.1) is 0 Å². The van der Waals surface area contributed by atoms with Crippen LogP contribution < -0.4 is 24.2 Å². The molecule has 0 saturated heterocycles. The fourth-order valence-electron chi connectivity index (χ4n) is 0.667. The Balaban J connectivity index is -0.000000142. The summed E-state index contributed by atoms with van der Waals surface area (Å²) in [4.78, 5) is 0. The zero-order chi connectivity index (χ0) is 9.28. The van der Waals surface area contributed by atoms with Crippen LogP contribution in [0.5, 0.6) is 0 Å². The molecule has 1 N–H and O–H groups in total. The molecular formula is C10H24LiN. The van der Waals surface area contributed by atoms with Gasteiger partial charge in [0.1, 0.15) is 0 Å². The van der Waals surface area contributed by atoms with Crippen LogP contribution in [0.2, 0.25) is 0 Å². The Morgan fingerprint density at radius 2 is 1.33 bits per heavy atom. The summed E-state index contributed by atoms with van der Waals surface area (Å²) in [6.07, 6.45) is 2.28. The van der Waals surface area contributed by atoms with E-state index in [4.69, 9.17) is 0 Å². The van der Waals surface area contributed by atoms with Crippen molar-refractivity contribution in [2.75, 3.05) is 0 Å². The molecule has 0 aromatic heterocycles. The molecule has 70 valence electrons. The zero-order valence-corrected chi connectivity index (χ0v) is 9.78. The molecule has 0 aliphatic rings. The van der Waals surface area contributed by atoms with Crippen molar-refractivity contribution in [2.24, 2.45) is 0 Å². The predicted molar refractivity (Wildman–Crippen MR) is 53.7 cm³/mol. The van der Waals surface area contributed by atoms with Crippen molar-refractivity contribution >= 4 is 0 Å². The van der Waals surface area contributed by atoms with Crippen molar-refractivity contribution in [3.63, 3.8) is 0 Å². The maximum Gasteiger partial charge on any atom is 1.00 e. The van der Waals surface area contributed by atoms with E-state index in [0.717, 1.165) is 6.42 Å². The van der Waals surface area contributed by atoms with Gasteiger partial charge >= 0.3 is 18.9 Å². The Bertz CT molecular complexity index is 54.9. The Kier molecular flexibility index (Phi) is 21.6. The molecule has 0 spiro atoms. The van der Waals surface area contributed by atoms with Crippen molar-refractivity contribution < 1.29 is 18.9 Å². The standard InChI is InChI=1S/C6H15N.C4H9.Li/c1-5(2)7-6(3)4;1-3-4-2;/h5-7H,1-4H3;1,3-4H2,2H3;/q;-1;+1. The molecule has 0 fully saturated rings. The van der Waals surface area contributed by atoms with E-state index in [9.17, 15) is 0 Å². The van der Waals surface area contributed by atoms with Gasteiger partial charge in [0, 0.05) is 12.1 Å². The third-order valence-electron chi connectivity index (χ3n) is 1.02. The van der Waals surface area contributed by atoms with E-state index in [-0.39, 0.29) is 18.9 Å². The zero-order valence-electron chi connectivity index (χ0n) is 9.78. The molecule has 0 aliphatic heterocycles. The summed E-state index contributed by atoms with van der Waals surface area (Å²) in [5.41, 5.74) is 0. The van der Waals surface area contributed by atoms with Crippen molar-refractivity contribution in [2.45, 2.75) is 59.5 Å². The van der Waals surface area contributed by atoms with Gasteiger partial charge in [-0.05, 0) is 0 Å². The molecule has 0 aliphatic carbocycles. The number of rotatable bonds is 3. The van der Waals surface area contributed by atoms with Gasteiger partial charge in [0.15, 0.2) is 0 Å². The molecular weight excluding hydrogens is 141 g/mol. The molecule has 0 aromatic carbocycles. The van der Waals surface area contributed by atoms with Crippen molar-refractivity contribution in [1.82, 2.24) is 5.32 Å². The number of hydrogen-bond acceptors (Lipinski definition) is 1. The van der Waals surface area contributed by atoms with Crippen LogP contribution in [0.4, 0.5) is 0 Å². The van der Waals surface area contributed by atoms with Gasteiger partial charge in [0.2, 0.25) is 0 Å². The fraction of sp³-hybridized carbons (Fsp3) is 0.900. The molecule has 2 heteroatoms. The summed E-state index contributed by atoms with van der Waals surface area (Å²) in [6, 6.07) is 1.25. The Morgan fingerprint density at radius 1 is 1.08 bits per heavy atom. The number of unbranched alkanes of at least 4 members (excludes halogenated alkanes) is 1. The van der Waals surface area contributed by atoms with Crippen molar-refractivity contribution in [3.05, 3.63) is 6.92 Å². The molecule has 0 unspecified atom stereocenters. The molecule has 0 radical (unpaired) electrons. The van der Waals surface area contributed by atoms with E-state index >= 15 is 0 Å². The summed E-state index contributed by atoms with van der Waals surface area (Å²) in [5, 5.41) is 3.31. The molecule has 0 aromatic rings. The first kappa shape index (κ1) is 18.4. The van der Waals surface area contributed by atoms with E-state index in [2.05, 4.69) is 46.9 Å². The smallest absolute Gasteiger partial charge is 0.343 e. The average Bonchev–Trinajstić information content (AvgIpc) is 1.85. The van der Waals surface area contributed by atoms with Crippen molar-refractivity contribution in [3.8, 4) is 0 Å². The molecule has 12 heavy (non-hydrogen) atoms. The Morgan fingerprint density at radius 3 is 1.33 bits per heavy atom. The molecule has 0 saturated carbocycles. The van der Waals surface area contributed by atoms with Crippen molar-refractivity contribution in [1.29, 1.82) is 0 Å². The molecule has 0 atom stereocenters. The second-order valence-corrected chi connectivity index (χ2v) is 3.33. The van der Waals surface area contributed by atoms with Gasteiger partial charge in [0.25, 0.3) is 0 Å². The van der Waals surface area contributed by atoms with Gasteiger partial charge in [-0.2, -0.15) is 6.42 Å². The number of hydrogen-bond donors (Lipinski definition) is 1. The minimum Gasteiger partial charge on any atom is -0.343 e. The quantitative estimate of drug-likeness (QED) is 0.459. The average molecular weight is 165 g/mol. The summed E-state index contributed by atoms with van der Waals surface area (Å²) in [5.74, 6) is 0. The predicted octanol–water partition coefficient (Wildman–Crippen LogP) is 0.0174. The fourth-order valence-corrected chi connectivity index (χ4v) is 0.667. The molecule has 0 amide bonds. The molecule has 0 rings (SSSR count). The second-order valence-electron chi connectivity index (χ2n) is 3.33. The van der Waals surface area contributed by atoms with E-state index in [0.29, 0.717) is 12.1 Å². The second kappa shape index (κ2) is 14.1. The van der Waals surface area contributed by atoms with E-state index in [1.54, 1.807) is 0 Å². The largest absolute Gasteiger partial charge is 1.00 e. The van der Waals surface area contributed by atoms with Gasteiger partial charge in [-0.25, -0.2) is 0 Å². The number of nitrogens with one attached hydrogen (secondary N) is 1. The van der Waals surface area contributed by atoms with Gasteiger partial charge < -0.3 is 12.2 Å². The summed E-state index contributed by atoms with van der Waals surface area (Å²) < 4.78 is 0. The maximum atomic E-state index is 3.60. The minimum absolute atomic E-state index is 0. The summed E-state index contributed by atoms with van der Waals surface area (Å²) >= 11 is 0. The SMILES string of the molecule is CC(C)NC(C)C.[CH2-]CCC.[Li+]. The molecule has 1 nitrogen and oxygen atoms in total. The van der Waals surface area contributed by atoms with Crippen LogP contribution in [-0.2, 0) is 0 Å². The van der Waals surface area contributed by atoms with Crippen LogP contribution in [0.3, 0.4) is 0 Å². The first-order valence-electron chi connectivity index (χ1n) is 4.59. The third-order valence-corrected chi connectivity index (χ3v) is 1.02. The van der Waals surface area contributed by atoms with Gasteiger partial charge in [-0.3, -0.25) is 0 Å². The Hall–Kier alpha value is 0.557. The molecule has 0 heterocycles. The molecule has 0 bridgehead atoms. The Labute approximate surface area is 90.9 Å². The van der Waals surface area contributed by atoms with E-state index in [1.165, 1.54) is 6.42 Å². The first-order valence-corrected chi connectivity index (χ1v) is 4.59. The monoisotopic (exact) mass is 165 g/mol. The summed E-state index contributed by atoms with van der Waals surface area (Å²) in [6.45, 7) is 14.3.